The van der Waals surface area contributed by atoms with Crippen molar-refractivity contribution in [1.29, 1.82) is 0 Å². The van der Waals surface area contributed by atoms with Gasteiger partial charge in [0.1, 0.15) is 5.01 Å². The number of hydrogen-bond acceptors (Lipinski definition) is 5. The number of hydrogen-bond donors (Lipinski definition) is 3. The molecule has 0 fully saturated rings. The number of fused-ring (bicyclic) bond motifs is 1. The minimum atomic E-state index is -1.91. The van der Waals surface area contributed by atoms with E-state index in [2.05, 4.69) is 10.3 Å². The summed E-state index contributed by atoms with van der Waals surface area (Å²) in [7, 11) is 0. The normalized spacial score (nSPS) is 12.3. The Morgan fingerprint density at radius 2 is 2.08 bits per heavy atom. The second-order valence-corrected chi connectivity index (χ2v) is 7.56. The van der Waals surface area contributed by atoms with E-state index in [1.807, 2.05) is 6.07 Å². The number of rotatable bonds is 5. The summed E-state index contributed by atoms with van der Waals surface area (Å²) < 4.78 is 20.8. The van der Waals surface area contributed by atoms with Gasteiger partial charge in [-0.3, -0.25) is 4.79 Å². The maximum Gasteiger partial charge on any atom is 0.255 e. The van der Waals surface area contributed by atoms with E-state index >= 15 is 0 Å². The first-order chi connectivity index (χ1) is 12.0. The van der Waals surface area contributed by atoms with Gasteiger partial charge in [-0.1, -0.05) is 12.1 Å². The van der Waals surface area contributed by atoms with Gasteiger partial charge in [-0.15, -0.1) is 11.3 Å². The number of aliphatic hydroxyl groups is 1. The summed E-state index contributed by atoms with van der Waals surface area (Å²) in [5.74, 6) is -0.220. The molecule has 1 amide bonds. The Balaban J connectivity index is 1.80. The second-order valence-electron chi connectivity index (χ2n) is 5.52. The number of nitrogens with one attached hydrogen (secondary N) is 1. The third-order valence-electron chi connectivity index (χ3n) is 3.65. The number of carbonyl (C=O) groups excluding carboxylic acids is 1. The molecule has 3 aromatic rings. The molecule has 1 aromatic heterocycles. The van der Waals surface area contributed by atoms with Crippen molar-refractivity contribution in [2.24, 2.45) is 0 Å². The van der Waals surface area contributed by atoms with E-state index in [9.17, 15) is 9.00 Å². The van der Waals surface area contributed by atoms with Crippen molar-refractivity contribution in [3.63, 3.8) is 0 Å². The number of benzene rings is 2. The minimum absolute atomic E-state index is 0.0381. The van der Waals surface area contributed by atoms with Gasteiger partial charge in [-0.05, 0) is 42.3 Å². The van der Waals surface area contributed by atoms with Crippen LogP contribution in [0.1, 0.15) is 26.5 Å². The molecule has 25 heavy (non-hydrogen) atoms. The summed E-state index contributed by atoms with van der Waals surface area (Å²) in [5, 5.41) is 12.6. The molecular weight excluding hydrogens is 360 g/mol. The quantitative estimate of drug-likeness (QED) is 0.594. The highest BCUT2D eigenvalue weighted by molar-refractivity contribution is 7.78. The van der Waals surface area contributed by atoms with Gasteiger partial charge in [0.15, 0.2) is 11.1 Å². The number of carbonyl (C=O) groups is 1. The Kier molecular flexibility index (Phi) is 5.24. The molecule has 0 bridgehead atoms. The average molecular weight is 376 g/mol. The third kappa shape index (κ3) is 4.10. The van der Waals surface area contributed by atoms with Crippen molar-refractivity contribution < 1.29 is 18.7 Å². The Bertz CT molecular complexity index is 968. The molecule has 3 N–H and O–H groups in total. The Labute approximate surface area is 150 Å². The van der Waals surface area contributed by atoms with Gasteiger partial charge in [0.2, 0.25) is 0 Å². The fourth-order valence-corrected chi connectivity index (χ4v) is 3.80. The molecule has 0 saturated carbocycles. The maximum absolute atomic E-state index is 12.5. The summed E-state index contributed by atoms with van der Waals surface area (Å²) in [6.07, 6.45) is 0. The van der Waals surface area contributed by atoms with Crippen LogP contribution in [0.15, 0.2) is 36.4 Å². The first-order valence-corrected chi connectivity index (χ1v) is 9.54. The van der Waals surface area contributed by atoms with Crippen LogP contribution in [0.4, 0.5) is 5.69 Å². The number of aliphatic hydroxyl groups excluding tert-OH is 1. The third-order valence-corrected chi connectivity index (χ3v) is 5.25. The van der Waals surface area contributed by atoms with Gasteiger partial charge in [0.05, 0.1) is 22.6 Å². The minimum Gasteiger partial charge on any atom is -0.389 e. The summed E-state index contributed by atoms with van der Waals surface area (Å²) in [6.45, 7) is 1.68. The van der Waals surface area contributed by atoms with E-state index in [-0.39, 0.29) is 18.3 Å². The molecule has 2 aromatic carbocycles. The van der Waals surface area contributed by atoms with Crippen LogP contribution in [-0.2, 0) is 23.4 Å². The zero-order chi connectivity index (χ0) is 18.0. The second kappa shape index (κ2) is 7.40. The van der Waals surface area contributed by atoms with Crippen LogP contribution in [0.2, 0.25) is 0 Å². The molecule has 0 aliphatic carbocycles. The van der Waals surface area contributed by atoms with Crippen molar-refractivity contribution >= 4 is 44.2 Å². The predicted molar refractivity (Wildman–Crippen MR) is 99.2 cm³/mol. The average Bonchev–Trinajstić information content (AvgIpc) is 2.96. The van der Waals surface area contributed by atoms with Crippen LogP contribution in [-0.4, -0.2) is 24.8 Å². The van der Waals surface area contributed by atoms with E-state index in [0.29, 0.717) is 21.8 Å². The Morgan fingerprint density at radius 1 is 1.28 bits per heavy atom. The summed E-state index contributed by atoms with van der Waals surface area (Å²) in [4.78, 5) is 16.8. The largest absolute Gasteiger partial charge is 0.389 e. The molecule has 130 valence electrons. The highest BCUT2D eigenvalue weighted by Gasteiger charge is 2.12. The molecule has 3 rings (SSSR count). The van der Waals surface area contributed by atoms with Gasteiger partial charge >= 0.3 is 0 Å². The number of aryl methyl sites for hydroxylation is 1. The number of thiazole rings is 1. The van der Waals surface area contributed by atoms with Gasteiger partial charge in [0, 0.05) is 11.3 Å². The number of amides is 1. The van der Waals surface area contributed by atoms with Crippen molar-refractivity contribution in [1.82, 2.24) is 4.98 Å². The molecule has 0 radical (unpaired) electrons. The summed E-state index contributed by atoms with van der Waals surface area (Å²) in [6, 6.07) is 10.5. The Morgan fingerprint density at radius 3 is 2.76 bits per heavy atom. The summed E-state index contributed by atoms with van der Waals surface area (Å²) >= 11 is -0.499. The molecule has 1 atom stereocenters. The predicted octanol–water partition coefficient (Wildman–Crippen LogP) is 3.07. The molecule has 1 heterocycles. The van der Waals surface area contributed by atoms with Gasteiger partial charge < -0.3 is 15.0 Å². The van der Waals surface area contributed by atoms with Crippen molar-refractivity contribution in [2.45, 2.75) is 19.3 Å². The van der Waals surface area contributed by atoms with Crippen molar-refractivity contribution in [2.75, 3.05) is 5.32 Å². The topological polar surface area (TPSA) is 99.5 Å². The zero-order valence-corrected chi connectivity index (χ0v) is 15.0. The SMILES string of the molecule is Cc1cc(CS(=O)O)ccc1C(=O)Nc1ccc2sc(CO)nc2c1. The molecular formula is C17H16N2O4S2. The molecule has 0 saturated heterocycles. The Hall–Kier alpha value is -2.13. The fraction of sp³-hybridized carbons (Fsp3) is 0.176. The van der Waals surface area contributed by atoms with Crippen molar-refractivity contribution in [3.8, 4) is 0 Å². The molecule has 0 aliphatic heterocycles. The van der Waals surface area contributed by atoms with E-state index in [1.54, 1.807) is 37.3 Å². The van der Waals surface area contributed by atoms with Crippen LogP contribution in [0.25, 0.3) is 10.2 Å². The first-order valence-electron chi connectivity index (χ1n) is 7.45. The van der Waals surface area contributed by atoms with Crippen molar-refractivity contribution in [3.05, 3.63) is 58.1 Å². The fourth-order valence-electron chi connectivity index (χ4n) is 2.53. The van der Waals surface area contributed by atoms with E-state index in [0.717, 1.165) is 15.8 Å². The monoisotopic (exact) mass is 376 g/mol. The summed E-state index contributed by atoms with van der Waals surface area (Å²) in [5.41, 5.74) is 3.28. The number of aromatic nitrogens is 1. The number of anilines is 1. The van der Waals surface area contributed by atoms with Gasteiger partial charge in [0.25, 0.3) is 5.91 Å². The van der Waals surface area contributed by atoms with Gasteiger partial charge in [-0.25, -0.2) is 9.19 Å². The lowest BCUT2D eigenvalue weighted by molar-refractivity contribution is 0.102. The highest BCUT2D eigenvalue weighted by Crippen LogP contribution is 2.25. The molecule has 8 heteroatoms. The molecule has 1 unspecified atom stereocenters. The van der Waals surface area contributed by atoms with Crippen LogP contribution in [0.5, 0.6) is 0 Å². The van der Waals surface area contributed by atoms with E-state index < -0.39 is 11.1 Å². The lowest BCUT2D eigenvalue weighted by atomic mass is 10.1. The standard InChI is InChI=1S/C17H16N2O4S2/c1-10-6-11(9-25(22)23)2-4-13(10)17(21)18-12-3-5-15-14(7-12)19-16(8-20)24-15/h2-7,20H,8-9H2,1H3,(H,18,21)(H,22,23). The van der Waals surface area contributed by atoms with Gasteiger partial charge in [-0.2, -0.15) is 0 Å². The van der Waals surface area contributed by atoms with Crippen LogP contribution in [0.3, 0.4) is 0 Å². The van der Waals surface area contributed by atoms with Crippen LogP contribution < -0.4 is 5.32 Å². The lowest BCUT2D eigenvalue weighted by Crippen LogP contribution is -2.13. The first kappa shape index (κ1) is 17.7. The molecule has 0 spiro atoms. The van der Waals surface area contributed by atoms with E-state index in [4.69, 9.17) is 9.66 Å². The highest BCUT2D eigenvalue weighted by atomic mass is 32.2. The lowest BCUT2D eigenvalue weighted by Gasteiger charge is -2.09. The molecule has 6 nitrogen and oxygen atoms in total. The smallest absolute Gasteiger partial charge is 0.255 e. The molecule has 0 aliphatic rings. The zero-order valence-electron chi connectivity index (χ0n) is 13.4. The van der Waals surface area contributed by atoms with Crippen LogP contribution >= 0.6 is 11.3 Å². The maximum atomic E-state index is 12.5. The van der Waals surface area contributed by atoms with E-state index in [1.165, 1.54) is 11.3 Å². The van der Waals surface area contributed by atoms with Crippen LogP contribution in [0, 0.1) is 6.92 Å². The number of nitrogens with zero attached hydrogens (tertiary/aromatic N) is 1.